The van der Waals surface area contributed by atoms with Crippen molar-refractivity contribution in [1.82, 2.24) is 9.55 Å². The molecule has 0 aliphatic rings. The molecular formula is C18H14N4O6. The van der Waals surface area contributed by atoms with Crippen molar-refractivity contribution in [3.8, 4) is 17.3 Å². The normalized spacial score (nSPS) is 11.0. The Bertz CT molecular complexity index is 1230. The van der Waals surface area contributed by atoms with E-state index in [1.54, 1.807) is 31.2 Å². The van der Waals surface area contributed by atoms with E-state index < -0.39 is 22.1 Å². The van der Waals surface area contributed by atoms with E-state index in [0.29, 0.717) is 5.69 Å². The smallest absolute Gasteiger partial charge is 0.335 e. The molecule has 3 rings (SSSR count). The van der Waals surface area contributed by atoms with Crippen molar-refractivity contribution in [2.45, 2.75) is 6.92 Å². The maximum atomic E-state index is 12.2. The molecule has 0 aliphatic heterocycles. The van der Waals surface area contributed by atoms with Crippen LogP contribution < -0.4 is 11.2 Å². The Hall–Kier alpha value is -4.21. The number of benzene rings is 2. The summed E-state index contributed by atoms with van der Waals surface area (Å²) >= 11 is 0. The summed E-state index contributed by atoms with van der Waals surface area (Å²) in [6, 6.07) is 9.86. The lowest BCUT2D eigenvalue weighted by Gasteiger charge is -2.10. The van der Waals surface area contributed by atoms with Crippen molar-refractivity contribution in [2.24, 2.45) is 4.99 Å². The van der Waals surface area contributed by atoms with Crippen LogP contribution in [0.5, 0.6) is 11.6 Å². The van der Waals surface area contributed by atoms with Crippen molar-refractivity contribution in [2.75, 3.05) is 0 Å². The van der Waals surface area contributed by atoms with Crippen molar-refractivity contribution in [1.29, 1.82) is 0 Å². The number of aromatic nitrogens is 2. The average molecular weight is 382 g/mol. The van der Waals surface area contributed by atoms with E-state index in [2.05, 4.69) is 9.98 Å². The second-order valence-corrected chi connectivity index (χ2v) is 5.86. The molecular weight excluding hydrogens is 368 g/mol. The number of aromatic hydroxyl groups is 2. The standard InChI is InChI=1S/C18H14N4O6/c1-10-3-2-4-11(7-10)21-17(25)13(16(24)20-18(21)26)9-19-14-8-12(22(27)28)5-6-15(14)23/h2-9,23,25H,1H3,(H,20,24,26). The maximum absolute atomic E-state index is 12.2. The summed E-state index contributed by atoms with van der Waals surface area (Å²) in [5.74, 6) is -1.02. The van der Waals surface area contributed by atoms with Crippen LogP contribution in [0.1, 0.15) is 11.1 Å². The third-order valence-electron chi connectivity index (χ3n) is 3.88. The average Bonchev–Trinajstić information content (AvgIpc) is 2.62. The molecule has 0 atom stereocenters. The molecule has 0 amide bonds. The van der Waals surface area contributed by atoms with Gasteiger partial charge in [0.15, 0.2) is 0 Å². The summed E-state index contributed by atoms with van der Waals surface area (Å²) in [5.41, 5.74) is -1.44. The monoisotopic (exact) mass is 382 g/mol. The summed E-state index contributed by atoms with van der Waals surface area (Å²) < 4.78 is 0.892. The molecule has 10 nitrogen and oxygen atoms in total. The van der Waals surface area contributed by atoms with Gasteiger partial charge < -0.3 is 10.2 Å². The zero-order chi connectivity index (χ0) is 20.4. The lowest BCUT2D eigenvalue weighted by atomic mass is 10.2. The highest BCUT2D eigenvalue weighted by Gasteiger charge is 2.15. The molecule has 0 unspecified atom stereocenters. The van der Waals surface area contributed by atoms with E-state index in [9.17, 15) is 29.9 Å². The van der Waals surface area contributed by atoms with Gasteiger partial charge in [-0.1, -0.05) is 12.1 Å². The van der Waals surface area contributed by atoms with E-state index in [0.717, 1.165) is 34.5 Å². The first-order chi connectivity index (χ1) is 13.3. The van der Waals surface area contributed by atoms with Gasteiger partial charge in [0.25, 0.3) is 11.2 Å². The number of nitrogens with one attached hydrogen (secondary N) is 1. The van der Waals surface area contributed by atoms with E-state index >= 15 is 0 Å². The lowest BCUT2D eigenvalue weighted by Crippen LogP contribution is -2.31. The van der Waals surface area contributed by atoms with Crippen LogP contribution >= 0.6 is 0 Å². The van der Waals surface area contributed by atoms with Crippen LogP contribution in [0.2, 0.25) is 0 Å². The fourth-order valence-corrected chi connectivity index (χ4v) is 2.52. The van der Waals surface area contributed by atoms with E-state index in [1.165, 1.54) is 0 Å². The Morgan fingerprint density at radius 3 is 2.61 bits per heavy atom. The highest BCUT2D eigenvalue weighted by molar-refractivity contribution is 5.85. The fourth-order valence-electron chi connectivity index (χ4n) is 2.52. The maximum Gasteiger partial charge on any atom is 0.335 e. The van der Waals surface area contributed by atoms with Gasteiger partial charge in [-0.2, -0.15) is 0 Å². The molecule has 0 saturated heterocycles. The fraction of sp³-hybridized carbons (Fsp3) is 0.0556. The molecule has 0 radical (unpaired) electrons. The van der Waals surface area contributed by atoms with E-state index in [1.807, 2.05) is 0 Å². The Morgan fingerprint density at radius 2 is 1.93 bits per heavy atom. The minimum atomic E-state index is -0.903. The number of nitrogens with zero attached hydrogens (tertiary/aromatic N) is 3. The quantitative estimate of drug-likeness (QED) is 0.356. The summed E-state index contributed by atoms with van der Waals surface area (Å²) in [6.45, 7) is 1.80. The summed E-state index contributed by atoms with van der Waals surface area (Å²) in [4.78, 5) is 40.4. The number of phenolic OH excluding ortho intramolecular Hbond substituents is 1. The summed E-state index contributed by atoms with van der Waals surface area (Å²) in [7, 11) is 0. The number of hydrogen-bond donors (Lipinski definition) is 3. The number of phenols is 1. The molecule has 142 valence electrons. The molecule has 2 aromatic carbocycles. The van der Waals surface area contributed by atoms with Crippen LogP contribution in [-0.2, 0) is 0 Å². The number of nitro benzene ring substituents is 1. The lowest BCUT2D eigenvalue weighted by molar-refractivity contribution is -0.384. The number of aryl methyl sites for hydroxylation is 1. The Balaban J connectivity index is 2.14. The van der Waals surface area contributed by atoms with Gasteiger partial charge >= 0.3 is 5.69 Å². The molecule has 28 heavy (non-hydrogen) atoms. The molecule has 1 heterocycles. The zero-order valence-corrected chi connectivity index (χ0v) is 14.5. The zero-order valence-electron chi connectivity index (χ0n) is 14.5. The molecule has 3 N–H and O–H groups in total. The Morgan fingerprint density at radius 1 is 1.18 bits per heavy atom. The molecule has 3 aromatic rings. The van der Waals surface area contributed by atoms with Gasteiger partial charge in [-0.15, -0.1) is 0 Å². The van der Waals surface area contributed by atoms with Crippen LogP contribution in [-0.4, -0.2) is 30.9 Å². The summed E-state index contributed by atoms with van der Waals surface area (Å²) in [6.07, 6.45) is 0.915. The molecule has 0 saturated carbocycles. The first-order valence-corrected chi connectivity index (χ1v) is 7.94. The molecule has 0 fully saturated rings. The van der Waals surface area contributed by atoms with Crippen LogP contribution in [0.4, 0.5) is 11.4 Å². The van der Waals surface area contributed by atoms with Crippen molar-refractivity contribution >= 4 is 17.6 Å². The Kier molecular flexibility index (Phi) is 4.77. The first-order valence-electron chi connectivity index (χ1n) is 7.94. The van der Waals surface area contributed by atoms with Gasteiger partial charge in [-0.3, -0.25) is 24.9 Å². The van der Waals surface area contributed by atoms with Crippen molar-refractivity contribution in [3.63, 3.8) is 0 Å². The highest BCUT2D eigenvalue weighted by atomic mass is 16.6. The molecule has 0 aliphatic carbocycles. The van der Waals surface area contributed by atoms with Crippen LogP contribution in [0.3, 0.4) is 0 Å². The first kappa shape index (κ1) is 18.6. The minimum absolute atomic E-state index is 0.179. The molecule has 0 spiro atoms. The van der Waals surface area contributed by atoms with Crippen LogP contribution in [0.15, 0.2) is 57.0 Å². The largest absolute Gasteiger partial charge is 0.506 e. The topological polar surface area (TPSA) is 151 Å². The number of nitro groups is 1. The number of H-pyrrole nitrogens is 1. The van der Waals surface area contributed by atoms with Gasteiger partial charge in [-0.25, -0.2) is 9.36 Å². The van der Waals surface area contributed by atoms with Gasteiger partial charge in [-0.05, 0) is 30.7 Å². The number of non-ortho nitro benzene ring substituents is 1. The SMILES string of the molecule is Cc1cccc(-n2c(O)c(C=Nc3cc([N+](=O)[O-])ccc3O)c(=O)[nH]c2=O)c1. The van der Waals surface area contributed by atoms with E-state index in [4.69, 9.17) is 0 Å². The highest BCUT2D eigenvalue weighted by Crippen LogP contribution is 2.30. The molecule has 0 bridgehead atoms. The van der Waals surface area contributed by atoms with Gasteiger partial charge in [0.1, 0.15) is 17.0 Å². The third-order valence-corrected chi connectivity index (χ3v) is 3.88. The third kappa shape index (κ3) is 3.51. The van der Waals surface area contributed by atoms with Gasteiger partial charge in [0.2, 0.25) is 5.88 Å². The molecule has 10 heteroatoms. The van der Waals surface area contributed by atoms with E-state index in [-0.39, 0.29) is 22.7 Å². The van der Waals surface area contributed by atoms with Crippen LogP contribution in [0, 0.1) is 17.0 Å². The second kappa shape index (κ2) is 7.19. The van der Waals surface area contributed by atoms with Crippen molar-refractivity contribution in [3.05, 3.63) is 84.5 Å². The minimum Gasteiger partial charge on any atom is -0.506 e. The van der Waals surface area contributed by atoms with Crippen molar-refractivity contribution < 1.29 is 15.1 Å². The number of aromatic amines is 1. The molecule has 1 aromatic heterocycles. The number of hydrogen-bond acceptors (Lipinski definition) is 7. The predicted molar refractivity (Wildman–Crippen MR) is 101 cm³/mol. The van der Waals surface area contributed by atoms with Gasteiger partial charge in [0.05, 0.1) is 10.6 Å². The van der Waals surface area contributed by atoms with Gasteiger partial charge in [0, 0.05) is 18.3 Å². The summed E-state index contributed by atoms with van der Waals surface area (Å²) in [5, 5.41) is 31.1. The second-order valence-electron chi connectivity index (χ2n) is 5.86. The van der Waals surface area contributed by atoms with Crippen LogP contribution in [0.25, 0.3) is 5.69 Å². The predicted octanol–water partition coefficient (Wildman–Crippen LogP) is 1.90. The Labute approximate surface area is 156 Å². The number of aliphatic imine (C=N–C) groups is 1. The number of rotatable bonds is 4.